The molecule has 1 aliphatic rings. The smallest absolute Gasteiger partial charge is 0.326 e. The fraction of sp³-hybridized carbons (Fsp3) is 0.500. The van der Waals surface area contributed by atoms with Crippen LogP contribution in [0.1, 0.15) is 39.9 Å². The highest BCUT2D eigenvalue weighted by atomic mass is 32.1. The van der Waals surface area contributed by atoms with Crippen molar-refractivity contribution in [1.82, 2.24) is 5.32 Å². The van der Waals surface area contributed by atoms with Crippen LogP contribution in [0.2, 0.25) is 0 Å². The van der Waals surface area contributed by atoms with Crippen LogP contribution in [0.3, 0.4) is 0 Å². The maximum atomic E-state index is 12.1. The van der Waals surface area contributed by atoms with Gasteiger partial charge in [0.1, 0.15) is 6.04 Å². The zero-order valence-electron chi connectivity index (χ0n) is 11.6. The van der Waals surface area contributed by atoms with E-state index in [4.69, 9.17) is 10.2 Å². The van der Waals surface area contributed by atoms with Gasteiger partial charge in [0.2, 0.25) is 0 Å². The summed E-state index contributed by atoms with van der Waals surface area (Å²) >= 11 is 1.37. The van der Waals surface area contributed by atoms with Crippen LogP contribution in [-0.2, 0) is 22.4 Å². The molecule has 1 unspecified atom stereocenters. The van der Waals surface area contributed by atoms with Crippen molar-refractivity contribution < 1.29 is 24.6 Å². The number of carbonyl (C=O) groups excluding carboxylic acids is 1. The molecule has 114 valence electrons. The molecule has 1 amide bonds. The number of aliphatic carboxylic acids is 2. The Morgan fingerprint density at radius 2 is 2.14 bits per heavy atom. The Hall–Kier alpha value is -1.89. The molecule has 0 radical (unpaired) electrons. The van der Waals surface area contributed by atoms with E-state index in [1.165, 1.54) is 16.2 Å². The second-order valence-corrected chi connectivity index (χ2v) is 6.51. The zero-order chi connectivity index (χ0) is 15.6. The Kier molecular flexibility index (Phi) is 4.62. The molecule has 6 nitrogen and oxygen atoms in total. The number of carboxylic acid groups (broad SMARTS) is 2. The molecule has 0 aliphatic heterocycles. The number of amides is 1. The fourth-order valence-electron chi connectivity index (χ4n) is 2.42. The van der Waals surface area contributed by atoms with Crippen LogP contribution in [-0.4, -0.2) is 34.1 Å². The highest BCUT2D eigenvalue weighted by Crippen LogP contribution is 2.32. The number of carboxylic acids is 2. The Balaban J connectivity index is 2.09. The van der Waals surface area contributed by atoms with E-state index in [0.717, 1.165) is 24.8 Å². The summed E-state index contributed by atoms with van der Waals surface area (Å²) in [5.41, 5.74) is 1.15. The quantitative estimate of drug-likeness (QED) is 0.765. The number of carbonyl (C=O) groups is 3. The third kappa shape index (κ3) is 3.81. The highest BCUT2D eigenvalue weighted by molar-refractivity contribution is 7.14. The van der Waals surface area contributed by atoms with E-state index in [0.29, 0.717) is 10.8 Å². The number of hydrogen-bond acceptors (Lipinski definition) is 4. The minimum absolute atomic E-state index is 0.450. The van der Waals surface area contributed by atoms with Crippen LogP contribution in [0.5, 0.6) is 0 Å². The molecule has 7 heteroatoms. The fourth-order valence-corrected chi connectivity index (χ4v) is 3.53. The van der Waals surface area contributed by atoms with E-state index >= 15 is 0 Å². The van der Waals surface area contributed by atoms with Crippen LogP contribution in [0.25, 0.3) is 0 Å². The van der Waals surface area contributed by atoms with Gasteiger partial charge in [0, 0.05) is 4.88 Å². The van der Waals surface area contributed by atoms with Crippen LogP contribution in [0, 0.1) is 5.92 Å². The van der Waals surface area contributed by atoms with Crippen molar-refractivity contribution in [3.8, 4) is 0 Å². The van der Waals surface area contributed by atoms with E-state index in [1.807, 2.05) is 0 Å². The molecular weight excluding hydrogens is 294 g/mol. The predicted molar refractivity (Wildman–Crippen MR) is 76.7 cm³/mol. The topological polar surface area (TPSA) is 104 Å². The third-order valence-electron chi connectivity index (χ3n) is 3.54. The van der Waals surface area contributed by atoms with Gasteiger partial charge < -0.3 is 15.5 Å². The number of nitrogens with one attached hydrogen (secondary N) is 1. The highest BCUT2D eigenvalue weighted by Gasteiger charge is 2.26. The molecule has 3 N–H and O–H groups in total. The van der Waals surface area contributed by atoms with Gasteiger partial charge in [0.25, 0.3) is 5.91 Å². The first-order chi connectivity index (χ1) is 9.86. The standard InChI is InChI=1S/C14H17NO5S/c1-7-2-3-10-8(4-7)5-11(21-10)13(18)15-9(14(19)20)6-12(16)17/h5,7,9H,2-4,6H2,1H3,(H,15,18)(H,16,17)(H,19,20)/t7?,9-/m1/s1. The lowest BCUT2D eigenvalue weighted by Crippen LogP contribution is -2.41. The summed E-state index contributed by atoms with van der Waals surface area (Å²) < 4.78 is 0. The molecule has 0 saturated carbocycles. The molecule has 0 aromatic carbocycles. The van der Waals surface area contributed by atoms with Crippen molar-refractivity contribution in [3.63, 3.8) is 0 Å². The van der Waals surface area contributed by atoms with Gasteiger partial charge in [-0.15, -0.1) is 11.3 Å². The molecular formula is C14H17NO5S. The monoisotopic (exact) mass is 311 g/mol. The Bertz CT molecular complexity index is 580. The van der Waals surface area contributed by atoms with Crippen molar-refractivity contribution in [2.24, 2.45) is 5.92 Å². The SMILES string of the molecule is CC1CCc2sc(C(=O)N[C@H](CC(=O)O)C(=O)O)cc2C1. The molecule has 1 aromatic rings. The van der Waals surface area contributed by atoms with Gasteiger partial charge in [-0.25, -0.2) is 4.79 Å². The van der Waals surface area contributed by atoms with Gasteiger partial charge in [-0.2, -0.15) is 0 Å². The van der Waals surface area contributed by atoms with Crippen molar-refractivity contribution >= 4 is 29.2 Å². The number of thiophene rings is 1. The van der Waals surface area contributed by atoms with Crippen molar-refractivity contribution in [1.29, 1.82) is 0 Å². The minimum Gasteiger partial charge on any atom is -0.481 e. The zero-order valence-corrected chi connectivity index (χ0v) is 12.4. The molecule has 0 saturated heterocycles. The summed E-state index contributed by atoms with van der Waals surface area (Å²) in [6.07, 6.45) is 2.32. The van der Waals surface area contributed by atoms with E-state index in [2.05, 4.69) is 12.2 Å². The number of rotatable bonds is 5. The second kappa shape index (κ2) is 6.26. The molecule has 21 heavy (non-hydrogen) atoms. The minimum atomic E-state index is -1.41. The normalized spacial score (nSPS) is 18.6. The lowest BCUT2D eigenvalue weighted by atomic mass is 9.90. The predicted octanol–water partition coefficient (Wildman–Crippen LogP) is 1.53. The molecule has 1 heterocycles. The number of hydrogen-bond donors (Lipinski definition) is 3. The number of fused-ring (bicyclic) bond motifs is 1. The first-order valence-corrected chi connectivity index (χ1v) is 7.55. The molecule has 0 spiro atoms. The molecule has 2 atom stereocenters. The summed E-state index contributed by atoms with van der Waals surface area (Å²) in [6.45, 7) is 2.16. The van der Waals surface area contributed by atoms with Crippen LogP contribution in [0.15, 0.2) is 6.07 Å². The van der Waals surface area contributed by atoms with Gasteiger partial charge in [0.05, 0.1) is 11.3 Å². The molecule has 0 fully saturated rings. The molecule has 0 bridgehead atoms. The van der Waals surface area contributed by atoms with Gasteiger partial charge in [-0.05, 0) is 36.8 Å². The summed E-state index contributed by atoms with van der Waals surface area (Å²) in [7, 11) is 0. The Morgan fingerprint density at radius 1 is 1.43 bits per heavy atom. The second-order valence-electron chi connectivity index (χ2n) is 5.37. The number of aryl methyl sites for hydroxylation is 1. The average molecular weight is 311 g/mol. The van der Waals surface area contributed by atoms with Gasteiger partial charge in [0.15, 0.2) is 0 Å². The molecule has 2 rings (SSSR count). The van der Waals surface area contributed by atoms with Gasteiger partial charge in [-0.1, -0.05) is 6.92 Å². The molecule has 1 aromatic heterocycles. The maximum Gasteiger partial charge on any atom is 0.326 e. The van der Waals surface area contributed by atoms with Crippen molar-refractivity contribution in [2.45, 2.75) is 38.6 Å². The van der Waals surface area contributed by atoms with E-state index in [1.54, 1.807) is 6.07 Å². The van der Waals surface area contributed by atoms with Gasteiger partial charge >= 0.3 is 11.9 Å². The summed E-state index contributed by atoms with van der Waals surface area (Å²) in [5.74, 6) is -2.54. The summed E-state index contributed by atoms with van der Waals surface area (Å²) in [6, 6.07) is 0.387. The van der Waals surface area contributed by atoms with E-state index in [9.17, 15) is 14.4 Å². The van der Waals surface area contributed by atoms with Gasteiger partial charge in [-0.3, -0.25) is 9.59 Å². The first kappa shape index (κ1) is 15.5. The third-order valence-corrected chi connectivity index (χ3v) is 4.77. The Morgan fingerprint density at radius 3 is 2.76 bits per heavy atom. The first-order valence-electron chi connectivity index (χ1n) is 6.74. The molecule has 1 aliphatic carbocycles. The lowest BCUT2D eigenvalue weighted by molar-refractivity contribution is -0.145. The van der Waals surface area contributed by atoms with Crippen LogP contribution >= 0.6 is 11.3 Å². The van der Waals surface area contributed by atoms with Crippen molar-refractivity contribution in [2.75, 3.05) is 0 Å². The van der Waals surface area contributed by atoms with E-state index in [-0.39, 0.29) is 0 Å². The lowest BCUT2D eigenvalue weighted by Gasteiger charge is -2.16. The van der Waals surface area contributed by atoms with Crippen LogP contribution in [0.4, 0.5) is 0 Å². The van der Waals surface area contributed by atoms with E-state index < -0.39 is 30.3 Å². The summed E-state index contributed by atoms with van der Waals surface area (Å²) in [5, 5.41) is 19.9. The average Bonchev–Trinajstić information content (AvgIpc) is 2.80. The Labute approximate surface area is 125 Å². The van der Waals surface area contributed by atoms with Crippen LogP contribution < -0.4 is 5.32 Å². The summed E-state index contributed by atoms with van der Waals surface area (Å²) in [4.78, 5) is 35.3. The maximum absolute atomic E-state index is 12.1. The largest absolute Gasteiger partial charge is 0.481 e. The van der Waals surface area contributed by atoms with Crippen molar-refractivity contribution in [3.05, 3.63) is 21.4 Å².